The number of thioether (sulfide) groups is 2. The molecule has 10 heteroatoms. The van der Waals surface area contributed by atoms with Gasteiger partial charge < -0.3 is 20.6 Å². The van der Waals surface area contributed by atoms with E-state index in [2.05, 4.69) is 15.8 Å². The van der Waals surface area contributed by atoms with Gasteiger partial charge in [0.25, 0.3) is 11.8 Å². The third-order valence-corrected chi connectivity index (χ3v) is 11.0. The van der Waals surface area contributed by atoms with Crippen molar-refractivity contribution in [1.29, 1.82) is 0 Å². The van der Waals surface area contributed by atoms with Gasteiger partial charge in [0, 0.05) is 46.3 Å². The van der Waals surface area contributed by atoms with Crippen LogP contribution in [0.3, 0.4) is 0 Å². The monoisotopic (exact) mass is 553 g/mol. The molecule has 3 aliphatic rings. The highest BCUT2D eigenvalue weighted by molar-refractivity contribution is 8.02. The van der Waals surface area contributed by atoms with E-state index in [1.165, 1.54) is 7.11 Å². The molecule has 0 unspecified atom stereocenters. The summed E-state index contributed by atoms with van der Waals surface area (Å²) in [5.74, 6) is 0.508. The fourth-order valence-corrected chi connectivity index (χ4v) is 9.94. The van der Waals surface area contributed by atoms with Crippen LogP contribution in [0.15, 0.2) is 65.8 Å². The van der Waals surface area contributed by atoms with Crippen LogP contribution in [0.5, 0.6) is 0 Å². The Hall–Kier alpha value is -2.98. The topological polar surface area (TPSA) is 117 Å². The molecule has 0 aromatic heterocycles. The van der Waals surface area contributed by atoms with Crippen molar-refractivity contribution in [2.24, 2.45) is 17.0 Å². The van der Waals surface area contributed by atoms with Gasteiger partial charge in [0.1, 0.15) is 0 Å². The molecule has 3 N–H and O–H groups in total. The van der Waals surface area contributed by atoms with Crippen LogP contribution in [-0.2, 0) is 9.53 Å². The van der Waals surface area contributed by atoms with Gasteiger partial charge in [-0.2, -0.15) is 11.8 Å². The van der Waals surface area contributed by atoms with E-state index in [9.17, 15) is 19.6 Å². The van der Waals surface area contributed by atoms with Crippen molar-refractivity contribution < 1.29 is 24.3 Å². The average Bonchev–Trinajstić information content (AvgIpc) is 3.50. The zero-order valence-electron chi connectivity index (χ0n) is 21.0. The lowest BCUT2D eigenvalue weighted by Crippen LogP contribution is -2.69. The van der Waals surface area contributed by atoms with Crippen molar-refractivity contribution in [3.63, 3.8) is 0 Å². The Morgan fingerprint density at radius 2 is 1.68 bits per heavy atom. The van der Waals surface area contributed by atoms with Crippen molar-refractivity contribution in [3.8, 4) is 0 Å². The number of carbonyl (C=O) groups excluding carboxylic acids is 3. The highest BCUT2D eigenvalue weighted by atomic mass is 32.2. The molecule has 2 aromatic rings. The van der Waals surface area contributed by atoms with E-state index in [0.717, 1.165) is 6.42 Å². The minimum atomic E-state index is -0.904. The van der Waals surface area contributed by atoms with Gasteiger partial charge in [-0.15, -0.1) is 11.8 Å². The van der Waals surface area contributed by atoms with Gasteiger partial charge in [-0.3, -0.25) is 14.4 Å². The van der Waals surface area contributed by atoms with E-state index in [1.807, 2.05) is 36.4 Å². The van der Waals surface area contributed by atoms with Gasteiger partial charge in [0.15, 0.2) is 0 Å². The molecule has 2 aliphatic heterocycles. The molecule has 38 heavy (non-hydrogen) atoms. The molecule has 8 nitrogen and oxygen atoms in total. The molecule has 0 radical (unpaired) electrons. The highest BCUT2D eigenvalue weighted by Crippen LogP contribution is 2.57. The molecule has 1 saturated carbocycles. The smallest absolute Gasteiger partial charge is 0.305 e. The second-order valence-corrected chi connectivity index (χ2v) is 12.3. The van der Waals surface area contributed by atoms with E-state index in [-0.39, 0.29) is 46.2 Å². The first-order valence-corrected chi connectivity index (χ1v) is 14.8. The number of ether oxygens (including phenoxy) is 1. The molecular formula is C28H31N3O5S2. The SMILES string of the molecule is COC(=O)CCC[C@H]1[C@@H]2SC[C@@H](NC(=O)c3ccccc3)[C@H]2[C@]2(NC(=O)c3ccccc3)CS[C@@H]1/C2=N/O. The van der Waals surface area contributed by atoms with Gasteiger partial charge in [-0.25, -0.2) is 0 Å². The number of oxime groups is 1. The summed E-state index contributed by atoms with van der Waals surface area (Å²) in [5.41, 5.74) is 0.750. The number of esters is 1. The summed E-state index contributed by atoms with van der Waals surface area (Å²) >= 11 is 3.47. The van der Waals surface area contributed by atoms with Crippen molar-refractivity contribution in [2.45, 2.75) is 41.3 Å². The van der Waals surface area contributed by atoms with Crippen LogP contribution in [0.2, 0.25) is 0 Å². The molecule has 2 bridgehead atoms. The van der Waals surface area contributed by atoms with E-state index < -0.39 is 5.54 Å². The summed E-state index contributed by atoms with van der Waals surface area (Å²) in [6.07, 6.45) is 1.73. The predicted molar refractivity (Wildman–Crippen MR) is 149 cm³/mol. The second kappa shape index (κ2) is 11.4. The number of benzene rings is 2. The standard InChI is InChI=1S/C28H31N3O5S2/c1-36-21(32)14-8-13-19-23-22(20(15-37-23)29-26(33)17-9-4-2-5-10-17)28(16-38-24(19)25(28)31-35)30-27(34)18-11-6-3-7-12-18/h2-7,9-12,19-20,22-24,35H,8,13-16H2,1H3,(H,29,33)(H,30,34)/b31-25-/t19-,20+,22+,23-,24-,28+/m0/s1. The van der Waals surface area contributed by atoms with Crippen LogP contribution in [-0.4, -0.2) is 69.4 Å². The van der Waals surface area contributed by atoms with Crippen molar-refractivity contribution in [3.05, 3.63) is 71.8 Å². The Kier molecular flexibility index (Phi) is 7.99. The molecule has 6 atom stereocenters. The summed E-state index contributed by atoms with van der Waals surface area (Å²) < 4.78 is 4.83. The first-order valence-electron chi connectivity index (χ1n) is 12.7. The maximum atomic E-state index is 13.5. The lowest BCUT2D eigenvalue weighted by molar-refractivity contribution is -0.140. The van der Waals surface area contributed by atoms with Crippen molar-refractivity contribution in [1.82, 2.24) is 10.6 Å². The fourth-order valence-electron chi connectivity index (χ4n) is 6.12. The third kappa shape index (κ3) is 4.91. The maximum Gasteiger partial charge on any atom is 0.305 e. The van der Waals surface area contributed by atoms with Gasteiger partial charge >= 0.3 is 5.97 Å². The lowest BCUT2D eigenvalue weighted by Gasteiger charge is -2.48. The van der Waals surface area contributed by atoms with Crippen LogP contribution < -0.4 is 10.6 Å². The zero-order valence-corrected chi connectivity index (χ0v) is 22.7. The van der Waals surface area contributed by atoms with Gasteiger partial charge in [-0.05, 0) is 43.0 Å². The maximum absolute atomic E-state index is 13.5. The number of hydrogen-bond donors (Lipinski definition) is 3. The zero-order chi connectivity index (χ0) is 26.7. The van der Waals surface area contributed by atoms with Crippen LogP contribution in [0.1, 0.15) is 40.0 Å². The number of nitrogens with one attached hydrogen (secondary N) is 2. The molecule has 2 amide bonds. The van der Waals surface area contributed by atoms with E-state index in [1.54, 1.807) is 47.8 Å². The Labute approximate surface area is 230 Å². The number of rotatable bonds is 8. The highest BCUT2D eigenvalue weighted by Gasteiger charge is 2.66. The Bertz CT molecular complexity index is 1210. The van der Waals surface area contributed by atoms with Crippen LogP contribution >= 0.6 is 23.5 Å². The number of nitrogens with zero attached hydrogens (tertiary/aromatic N) is 1. The predicted octanol–water partition coefficient (Wildman–Crippen LogP) is 3.60. The molecule has 2 saturated heterocycles. The van der Waals surface area contributed by atoms with Crippen molar-refractivity contribution in [2.75, 3.05) is 18.6 Å². The van der Waals surface area contributed by atoms with Gasteiger partial charge in [0.05, 0.1) is 23.6 Å². The Morgan fingerprint density at radius 3 is 2.32 bits per heavy atom. The van der Waals surface area contributed by atoms with Crippen LogP contribution in [0, 0.1) is 11.8 Å². The second-order valence-electron chi connectivity index (χ2n) is 9.91. The number of carbonyl (C=O) groups is 3. The van der Waals surface area contributed by atoms with Gasteiger partial charge in [0.2, 0.25) is 0 Å². The molecule has 200 valence electrons. The molecule has 2 aromatic carbocycles. The third-order valence-electron chi connectivity index (χ3n) is 7.83. The van der Waals surface area contributed by atoms with Gasteiger partial charge in [-0.1, -0.05) is 41.6 Å². The Balaban J connectivity index is 1.47. The van der Waals surface area contributed by atoms with E-state index in [0.29, 0.717) is 41.2 Å². The molecule has 1 aliphatic carbocycles. The molecular weight excluding hydrogens is 522 g/mol. The summed E-state index contributed by atoms with van der Waals surface area (Å²) in [6.45, 7) is 0. The average molecular weight is 554 g/mol. The number of methoxy groups -OCH3 is 1. The summed E-state index contributed by atoms with van der Waals surface area (Å²) in [4.78, 5) is 38.4. The molecule has 5 rings (SSSR count). The molecule has 2 heterocycles. The summed E-state index contributed by atoms with van der Waals surface area (Å²) in [6, 6.07) is 17.8. The minimum absolute atomic E-state index is 0.0916. The summed E-state index contributed by atoms with van der Waals surface area (Å²) in [7, 11) is 1.39. The van der Waals surface area contributed by atoms with E-state index >= 15 is 0 Å². The van der Waals surface area contributed by atoms with Crippen molar-refractivity contribution >= 4 is 47.0 Å². The lowest BCUT2D eigenvalue weighted by atomic mass is 9.64. The summed E-state index contributed by atoms with van der Waals surface area (Å²) in [5, 5.41) is 20.6. The first kappa shape index (κ1) is 26.6. The molecule has 3 fully saturated rings. The normalized spacial score (nSPS) is 30.4. The first-order chi connectivity index (χ1) is 18.5. The fraction of sp³-hybridized carbons (Fsp3) is 0.429. The van der Waals surface area contributed by atoms with E-state index in [4.69, 9.17) is 4.74 Å². The number of hydrogen-bond acceptors (Lipinski definition) is 8. The minimum Gasteiger partial charge on any atom is -0.469 e. The molecule has 0 spiro atoms. The quantitative estimate of drug-likeness (QED) is 0.260. The number of amides is 2. The Morgan fingerprint density at radius 1 is 1.03 bits per heavy atom. The van der Waals surface area contributed by atoms with Crippen LogP contribution in [0.25, 0.3) is 0 Å². The number of fused-ring (bicyclic) bond motifs is 4. The van der Waals surface area contributed by atoms with Crippen LogP contribution in [0.4, 0.5) is 0 Å². The largest absolute Gasteiger partial charge is 0.469 e.